The zero-order valence-electron chi connectivity index (χ0n) is 26.9. The monoisotopic (exact) mass is 705 g/mol. The summed E-state index contributed by atoms with van der Waals surface area (Å²) < 4.78 is 79.2. The number of sulfonamides is 1. The average molecular weight is 706 g/mol. The quantitative estimate of drug-likeness (QED) is 0.341. The molecule has 0 radical (unpaired) electrons. The van der Waals surface area contributed by atoms with Gasteiger partial charge in [-0.3, -0.25) is 14.3 Å². The molecule has 0 aliphatic carbocycles. The van der Waals surface area contributed by atoms with E-state index in [0.29, 0.717) is 30.9 Å². The topological polar surface area (TPSA) is 125 Å². The molecule has 0 bridgehead atoms. The van der Waals surface area contributed by atoms with Crippen molar-refractivity contribution in [2.75, 3.05) is 38.1 Å². The number of hydrogen-bond donors (Lipinski definition) is 2. The molecular weight excluding hydrogens is 663 g/mol. The molecule has 15 heteroatoms. The van der Waals surface area contributed by atoms with Crippen LogP contribution < -0.4 is 9.46 Å². The molecule has 2 N–H and O–H groups in total. The SMILES string of the molecule is C[C@H](CO)N1C[C@H](C)[C@@H](CN(C)C(=O)CCC(F)(F)F)OCCCC[C@H](C)Oc2ccc(NS(=O)(=O)c3ccc(Cl)cc3)cc2C1=O. The lowest BCUT2D eigenvalue weighted by atomic mass is 10.0. The van der Waals surface area contributed by atoms with Crippen molar-refractivity contribution >= 4 is 39.1 Å². The number of nitrogens with zero attached hydrogens (tertiary/aromatic N) is 2. The zero-order valence-corrected chi connectivity index (χ0v) is 28.5. The highest BCUT2D eigenvalue weighted by molar-refractivity contribution is 7.92. The van der Waals surface area contributed by atoms with E-state index in [2.05, 4.69) is 4.72 Å². The molecule has 0 fully saturated rings. The number of fused-ring (bicyclic) bond motifs is 1. The minimum Gasteiger partial charge on any atom is -0.490 e. The Bertz CT molecular complexity index is 1460. The lowest BCUT2D eigenvalue weighted by Gasteiger charge is -2.36. The molecule has 2 aromatic carbocycles. The number of benzene rings is 2. The highest BCUT2D eigenvalue weighted by Gasteiger charge is 2.32. The molecule has 1 aliphatic rings. The number of alkyl halides is 3. The number of aliphatic hydroxyl groups excluding tert-OH is 1. The van der Waals surface area contributed by atoms with Crippen LogP contribution in [0.2, 0.25) is 5.02 Å². The first kappa shape index (κ1) is 38.4. The van der Waals surface area contributed by atoms with E-state index < -0.39 is 65.5 Å². The number of likely N-dealkylation sites (N-methyl/N-ethyl adjacent to an activating group) is 1. The second-order valence-corrected chi connectivity index (χ2v) is 14.1. The Kier molecular flexibility index (Phi) is 13.8. The molecule has 262 valence electrons. The Labute approximate surface area is 279 Å². The first-order chi connectivity index (χ1) is 22.0. The van der Waals surface area contributed by atoms with E-state index >= 15 is 0 Å². The van der Waals surface area contributed by atoms with Crippen molar-refractivity contribution < 1.29 is 45.8 Å². The van der Waals surface area contributed by atoms with Crippen molar-refractivity contribution in [1.29, 1.82) is 0 Å². The molecule has 0 saturated carbocycles. The number of aliphatic hydroxyl groups is 1. The number of rotatable bonds is 9. The zero-order chi connectivity index (χ0) is 34.9. The Morgan fingerprint density at radius 3 is 2.49 bits per heavy atom. The molecule has 0 unspecified atom stereocenters. The van der Waals surface area contributed by atoms with E-state index in [1.165, 1.54) is 59.3 Å². The van der Waals surface area contributed by atoms with Crippen LogP contribution in [0.4, 0.5) is 18.9 Å². The van der Waals surface area contributed by atoms with E-state index in [1.54, 1.807) is 13.8 Å². The fourth-order valence-corrected chi connectivity index (χ4v) is 6.26. The number of anilines is 1. The molecule has 0 saturated heterocycles. The molecule has 2 aromatic rings. The molecule has 0 spiro atoms. The molecule has 47 heavy (non-hydrogen) atoms. The lowest BCUT2D eigenvalue weighted by Crippen LogP contribution is -2.48. The fraction of sp³-hybridized carbons (Fsp3) is 0.562. The van der Waals surface area contributed by atoms with Crippen molar-refractivity contribution in [3.05, 3.63) is 53.1 Å². The van der Waals surface area contributed by atoms with Crippen LogP contribution in [0.5, 0.6) is 5.75 Å². The Morgan fingerprint density at radius 2 is 1.85 bits per heavy atom. The molecule has 3 rings (SSSR count). The predicted molar refractivity (Wildman–Crippen MR) is 172 cm³/mol. The average Bonchev–Trinajstić information content (AvgIpc) is 3.00. The maximum absolute atomic E-state index is 14.2. The van der Waals surface area contributed by atoms with E-state index in [1.807, 2.05) is 6.92 Å². The van der Waals surface area contributed by atoms with Crippen LogP contribution in [0.3, 0.4) is 0 Å². The number of halogens is 4. The Hall–Kier alpha value is -3.07. The van der Waals surface area contributed by atoms with Gasteiger partial charge >= 0.3 is 6.18 Å². The minimum absolute atomic E-state index is 0.000119. The molecular formula is C32H43ClF3N3O7S. The summed E-state index contributed by atoms with van der Waals surface area (Å²) in [5.74, 6) is -1.41. The molecule has 10 nitrogen and oxygen atoms in total. The number of ether oxygens (including phenoxy) is 2. The third-order valence-corrected chi connectivity index (χ3v) is 9.58. The maximum atomic E-state index is 14.2. The second-order valence-electron chi connectivity index (χ2n) is 12.0. The van der Waals surface area contributed by atoms with Crippen LogP contribution >= 0.6 is 11.6 Å². The van der Waals surface area contributed by atoms with Crippen LogP contribution in [-0.4, -0.2) is 92.9 Å². The number of hydrogen-bond acceptors (Lipinski definition) is 7. The summed E-state index contributed by atoms with van der Waals surface area (Å²) in [6.45, 7) is 5.26. The first-order valence-corrected chi connectivity index (χ1v) is 17.3. The smallest absolute Gasteiger partial charge is 0.389 e. The third-order valence-electron chi connectivity index (χ3n) is 7.93. The van der Waals surface area contributed by atoms with Crippen LogP contribution in [0, 0.1) is 5.92 Å². The van der Waals surface area contributed by atoms with Gasteiger partial charge in [0.15, 0.2) is 0 Å². The van der Waals surface area contributed by atoms with E-state index in [-0.39, 0.29) is 41.1 Å². The summed E-state index contributed by atoms with van der Waals surface area (Å²) in [6.07, 6.45) is -5.37. The maximum Gasteiger partial charge on any atom is 0.389 e. The van der Waals surface area contributed by atoms with Crippen LogP contribution in [-0.2, 0) is 19.6 Å². The molecule has 0 aromatic heterocycles. The summed E-state index contributed by atoms with van der Waals surface area (Å²) in [7, 11) is -2.62. The van der Waals surface area contributed by atoms with Crippen molar-refractivity contribution in [3.8, 4) is 5.75 Å². The molecule has 1 aliphatic heterocycles. The first-order valence-electron chi connectivity index (χ1n) is 15.4. The van der Waals surface area contributed by atoms with Crippen molar-refractivity contribution in [1.82, 2.24) is 9.80 Å². The van der Waals surface area contributed by atoms with Gasteiger partial charge in [0, 0.05) is 49.8 Å². The van der Waals surface area contributed by atoms with E-state index in [0.717, 1.165) is 0 Å². The van der Waals surface area contributed by atoms with Gasteiger partial charge in [0.1, 0.15) is 5.75 Å². The third kappa shape index (κ3) is 11.5. The highest BCUT2D eigenvalue weighted by Crippen LogP contribution is 2.30. The number of amides is 2. The standard InChI is InChI=1S/C32H43ClF3N3O7S/c1-21-18-39(22(2)20-40)31(42)27-17-25(37-47(43,44)26-11-8-24(33)9-12-26)10-13-28(27)46-23(3)7-5-6-16-45-29(21)19-38(4)30(41)14-15-32(34,35)36/h8-13,17,21-23,29,37,40H,5-7,14-16,18-20H2,1-4H3/t21-,22+,23-,29+/m0/s1. The summed E-state index contributed by atoms with van der Waals surface area (Å²) >= 11 is 5.91. The predicted octanol–water partition coefficient (Wildman–Crippen LogP) is 5.74. The van der Waals surface area contributed by atoms with Gasteiger partial charge in [-0.1, -0.05) is 18.5 Å². The molecule has 1 heterocycles. The van der Waals surface area contributed by atoms with Crippen molar-refractivity contribution in [2.24, 2.45) is 5.92 Å². The summed E-state index contributed by atoms with van der Waals surface area (Å²) in [5.41, 5.74) is 0.170. The van der Waals surface area contributed by atoms with Gasteiger partial charge in [0.2, 0.25) is 5.91 Å². The summed E-state index contributed by atoms with van der Waals surface area (Å²) in [5, 5.41) is 10.5. The van der Waals surface area contributed by atoms with Crippen LogP contribution in [0.25, 0.3) is 0 Å². The summed E-state index contributed by atoms with van der Waals surface area (Å²) in [4.78, 5) is 29.3. The van der Waals surface area contributed by atoms with Gasteiger partial charge in [-0.25, -0.2) is 8.42 Å². The second kappa shape index (κ2) is 16.8. The van der Waals surface area contributed by atoms with E-state index in [9.17, 15) is 36.3 Å². The van der Waals surface area contributed by atoms with Crippen molar-refractivity contribution in [2.45, 2.75) is 82.2 Å². The van der Waals surface area contributed by atoms with Gasteiger partial charge in [0.25, 0.3) is 15.9 Å². The molecule has 2 amide bonds. The van der Waals surface area contributed by atoms with Crippen LogP contribution in [0.1, 0.15) is 63.2 Å². The van der Waals surface area contributed by atoms with Gasteiger partial charge in [-0.15, -0.1) is 0 Å². The van der Waals surface area contributed by atoms with Gasteiger partial charge < -0.3 is 24.4 Å². The van der Waals surface area contributed by atoms with Gasteiger partial charge in [-0.2, -0.15) is 13.2 Å². The number of carbonyl (C=O) groups is 2. The van der Waals surface area contributed by atoms with Crippen molar-refractivity contribution in [3.63, 3.8) is 0 Å². The minimum atomic E-state index is -4.46. The Morgan fingerprint density at radius 1 is 1.17 bits per heavy atom. The van der Waals surface area contributed by atoms with Gasteiger partial charge in [-0.05, 0) is 75.6 Å². The van der Waals surface area contributed by atoms with Crippen LogP contribution in [0.15, 0.2) is 47.4 Å². The lowest BCUT2D eigenvalue weighted by molar-refractivity contribution is -0.149. The fourth-order valence-electron chi connectivity index (χ4n) is 5.09. The Balaban J connectivity index is 1.95. The summed E-state index contributed by atoms with van der Waals surface area (Å²) in [6, 6.07) is 9.30. The number of nitrogens with one attached hydrogen (secondary N) is 1. The normalized spacial score (nSPS) is 20.8. The largest absolute Gasteiger partial charge is 0.490 e. The van der Waals surface area contributed by atoms with E-state index in [4.69, 9.17) is 21.1 Å². The number of carbonyl (C=O) groups excluding carboxylic acids is 2. The molecule has 4 atom stereocenters. The highest BCUT2D eigenvalue weighted by atomic mass is 35.5. The van der Waals surface area contributed by atoms with Gasteiger partial charge in [0.05, 0.1) is 41.7 Å².